The molecule has 30 heavy (non-hydrogen) atoms. The number of rotatable bonds is 7. The van der Waals surface area contributed by atoms with Crippen molar-refractivity contribution in [1.29, 1.82) is 0 Å². The van der Waals surface area contributed by atoms with E-state index in [1.54, 1.807) is 17.9 Å². The third-order valence-electron chi connectivity index (χ3n) is 5.20. The van der Waals surface area contributed by atoms with Gasteiger partial charge in [0.05, 0.1) is 18.3 Å². The molecule has 162 valence electrons. The SMILES string of the molecule is CCOC(=O)[C@@H]1CCCN(C(=O)c2ccc(CS(=O)(=O)Cc3ccccc3C)o2)C1. The van der Waals surface area contributed by atoms with Crippen LogP contribution in [-0.2, 0) is 30.9 Å². The summed E-state index contributed by atoms with van der Waals surface area (Å²) in [5.41, 5.74) is 1.66. The van der Waals surface area contributed by atoms with E-state index in [0.29, 0.717) is 26.0 Å². The number of nitrogens with zero attached hydrogens (tertiary/aromatic N) is 1. The van der Waals surface area contributed by atoms with E-state index < -0.39 is 9.84 Å². The fourth-order valence-corrected chi connectivity index (χ4v) is 5.11. The Kier molecular flexibility index (Phi) is 6.97. The van der Waals surface area contributed by atoms with Crippen LogP contribution in [0.1, 0.15) is 47.2 Å². The average molecular weight is 434 g/mol. The van der Waals surface area contributed by atoms with Gasteiger partial charge in [-0.1, -0.05) is 24.3 Å². The van der Waals surface area contributed by atoms with Crippen LogP contribution in [0.4, 0.5) is 0 Å². The van der Waals surface area contributed by atoms with Crippen LogP contribution in [0, 0.1) is 12.8 Å². The van der Waals surface area contributed by atoms with Gasteiger partial charge >= 0.3 is 5.97 Å². The van der Waals surface area contributed by atoms with Gasteiger partial charge in [-0.2, -0.15) is 0 Å². The number of ether oxygens (including phenoxy) is 1. The number of benzene rings is 1. The highest BCUT2D eigenvalue weighted by molar-refractivity contribution is 7.89. The average Bonchev–Trinajstić information content (AvgIpc) is 3.17. The Labute approximate surface area is 176 Å². The van der Waals surface area contributed by atoms with Crippen molar-refractivity contribution in [3.8, 4) is 0 Å². The van der Waals surface area contributed by atoms with Crippen molar-refractivity contribution in [2.45, 2.75) is 38.2 Å². The summed E-state index contributed by atoms with van der Waals surface area (Å²) in [4.78, 5) is 26.3. The molecule has 1 amide bonds. The van der Waals surface area contributed by atoms with Crippen molar-refractivity contribution in [2.75, 3.05) is 19.7 Å². The lowest BCUT2D eigenvalue weighted by molar-refractivity contribution is -0.149. The number of hydrogen-bond donors (Lipinski definition) is 0. The number of carbonyl (C=O) groups is 2. The van der Waals surface area contributed by atoms with Crippen LogP contribution in [0.3, 0.4) is 0 Å². The lowest BCUT2D eigenvalue weighted by atomic mass is 9.98. The van der Waals surface area contributed by atoms with Crippen LogP contribution in [-0.4, -0.2) is 44.9 Å². The molecular formula is C22H27NO6S. The third-order valence-corrected chi connectivity index (χ3v) is 6.67. The lowest BCUT2D eigenvalue weighted by Gasteiger charge is -2.30. The van der Waals surface area contributed by atoms with Gasteiger partial charge in [0.1, 0.15) is 11.5 Å². The van der Waals surface area contributed by atoms with E-state index in [2.05, 4.69) is 0 Å². The molecule has 1 aliphatic heterocycles. The maximum atomic E-state index is 12.8. The van der Waals surface area contributed by atoms with E-state index in [1.165, 1.54) is 12.1 Å². The van der Waals surface area contributed by atoms with Crippen LogP contribution in [0.2, 0.25) is 0 Å². The van der Waals surface area contributed by atoms with E-state index in [4.69, 9.17) is 9.15 Å². The molecule has 0 aliphatic carbocycles. The monoisotopic (exact) mass is 433 g/mol. The zero-order valence-electron chi connectivity index (χ0n) is 17.3. The van der Waals surface area contributed by atoms with Gasteiger partial charge in [-0.25, -0.2) is 8.42 Å². The molecule has 0 saturated carbocycles. The highest BCUT2D eigenvalue weighted by Crippen LogP contribution is 2.22. The van der Waals surface area contributed by atoms with Gasteiger partial charge in [0.15, 0.2) is 15.6 Å². The number of piperidine rings is 1. The van der Waals surface area contributed by atoms with Gasteiger partial charge in [-0.15, -0.1) is 0 Å². The van der Waals surface area contributed by atoms with E-state index in [1.807, 2.05) is 25.1 Å². The summed E-state index contributed by atoms with van der Waals surface area (Å²) >= 11 is 0. The minimum Gasteiger partial charge on any atom is -0.466 e. The first-order valence-corrected chi connectivity index (χ1v) is 11.9. The van der Waals surface area contributed by atoms with Crippen molar-refractivity contribution < 1.29 is 27.2 Å². The van der Waals surface area contributed by atoms with Crippen LogP contribution < -0.4 is 0 Å². The predicted molar refractivity (Wildman–Crippen MR) is 111 cm³/mol. The number of hydrogen-bond acceptors (Lipinski definition) is 6. The molecule has 3 rings (SSSR count). The quantitative estimate of drug-likeness (QED) is 0.623. The topological polar surface area (TPSA) is 93.9 Å². The maximum Gasteiger partial charge on any atom is 0.310 e. The van der Waals surface area contributed by atoms with Crippen LogP contribution in [0.25, 0.3) is 0 Å². The maximum absolute atomic E-state index is 12.8. The van der Waals surface area contributed by atoms with Gasteiger partial charge in [-0.05, 0) is 49.9 Å². The van der Waals surface area contributed by atoms with Crippen molar-refractivity contribution >= 4 is 21.7 Å². The second-order valence-electron chi connectivity index (χ2n) is 7.57. The Balaban J connectivity index is 1.64. The number of carbonyl (C=O) groups excluding carboxylic acids is 2. The molecule has 2 aromatic rings. The Morgan fingerprint density at radius 3 is 2.67 bits per heavy atom. The summed E-state index contributed by atoms with van der Waals surface area (Å²) in [6, 6.07) is 10.4. The largest absolute Gasteiger partial charge is 0.466 e. The molecular weight excluding hydrogens is 406 g/mol. The molecule has 0 N–H and O–H groups in total. The molecule has 1 aromatic heterocycles. The third kappa shape index (κ3) is 5.50. The predicted octanol–water partition coefficient (Wildman–Crippen LogP) is 3.12. The normalized spacial score (nSPS) is 17.0. The molecule has 1 fully saturated rings. The number of amides is 1. The van der Waals surface area contributed by atoms with Crippen molar-refractivity contribution in [3.63, 3.8) is 0 Å². The minimum absolute atomic E-state index is 0.0839. The Morgan fingerprint density at radius 2 is 1.93 bits per heavy atom. The zero-order chi connectivity index (χ0) is 21.7. The molecule has 1 atom stereocenters. The van der Waals surface area contributed by atoms with E-state index >= 15 is 0 Å². The Hall–Kier alpha value is -2.61. The van der Waals surface area contributed by atoms with Crippen molar-refractivity contribution in [2.24, 2.45) is 5.92 Å². The highest BCUT2D eigenvalue weighted by atomic mass is 32.2. The molecule has 1 aromatic carbocycles. The number of furan rings is 1. The number of likely N-dealkylation sites (tertiary alicyclic amines) is 1. The first-order chi connectivity index (χ1) is 14.3. The fraction of sp³-hybridized carbons (Fsp3) is 0.455. The van der Waals surface area contributed by atoms with E-state index in [0.717, 1.165) is 11.1 Å². The summed E-state index contributed by atoms with van der Waals surface area (Å²) in [5.74, 6) is -1.03. The molecule has 7 nitrogen and oxygen atoms in total. The second kappa shape index (κ2) is 9.47. The van der Waals surface area contributed by atoms with E-state index in [-0.39, 0.29) is 47.4 Å². The fourth-order valence-electron chi connectivity index (χ4n) is 3.62. The molecule has 0 bridgehead atoms. The molecule has 1 aliphatic rings. The Bertz CT molecular complexity index is 1010. The molecule has 0 spiro atoms. The summed E-state index contributed by atoms with van der Waals surface area (Å²) in [6.45, 7) is 4.73. The summed E-state index contributed by atoms with van der Waals surface area (Å²) in [5, 5.41) is 0. The van der Waals surface area contributed by atoms with Crippen molar-refractivity contribution in [1.82, 2.24) is 4.90 Å². The summed E-state index contributed by atoms with van der Waals surface area (Å²) in [7, 11) is -3.45. The highest BCUT2D eigenvalue weighted by Gasteiger charge is 2.31. The standard InChI is InChI=1S/C22H27NO6S/c1-3-28-22(25)17-9-6-12-23(13-17)21(24)20-11-10-19(29-20)15-30(26,27)14-18-8-5-4-7-16(18)2/h4-5,7-8,10-11,17H,3,6,9,12-15H2,1-2H3/t17-/m1/s1. The minimum atomic E-state index is -3.45. The summed E-state index contributed by atoms with van der Waals surface area (Å²) in [6.07, 6.45) is 1.39. The molecule has 8 heteroatoms. The molecule has 1 saturated heterocycles. The molecule has 2 heterocycles. The molecule has 0 unspecified atom stereocenters. The summed E-state index contributed by atoms with van der Waals surface area (Å²) < 4.78 is 35.8. The first kappa shape index (κ1) is 22.1. The van der Waals surface area contributed by atoms with Crippen LogP contribution in [0.15, 0.2) is 40.8 Å². The zero-order valence-corrected chi connectivity index (χ0v) is 18.1. The van der Waals surface area contributed by atoms with Gasteiger partial charge in [0, 0.05) is 13.1 Å². The smallest absolute Gasteiger partial charge is 0.310 e. The van der Waals surface area contributed by atoms with Crippen LogP contribution >= 0.6 is 0 Å². The second-order valence-corrected chi connectivity index (χ2v) is 9.63. The van der Waals surface area contributed by atoms with E-state index in [9.17, 15) is 18.0 Å². The van der Waals surface area contributed by atoms with Gasteiger partial charge < -0.3 is 14.1 Å². The van der Waals surface area contributed by atoms with Crippen LogP contribution in [0.5, 0.6) is 0 Å². The Morgan fingerprint density at radius 1 is 1.17 bits per heavy atom. The molecule has 0 radical (unpaired) electrons. The number of sulfone groups is 1. The van der Waals surface area contributed by atoms with Crippen molar-refractivity contribution in [3.05, 3.63) is 59.0 Å². The lowest BCUT2D eigenvalue weighted by Crippen LogP contribution is -2.42. The first-order valence-electron chi connectivity index (χ1n) is 10.1. The van der Waals surface area contributed by atoms with Gasteiger partial charge in [0.2, 0.25) is 0 Å². The van der Waals surface area contributed by atoms with Gasteiger partial charge in [-0.3, -0.25) is 9.59 Å². The number of aryl methyl sites for hydroxylation is 1. The van der Waals surface area contributed by atoms with Gasteiger partial charge in [0.25, 0.3) is 5.91 Å². The number of esters is 1.